The van der Waals surface area contributed by atoms with E-state index in [1.165, 1.54) is 66.1 Å². The van der Waals surface area contributed by atoms with Gasteiger partial charge in [0.25, 0.3) is 0 Å². The highest BCUT2D eigenvalue weighted by Gasteiger charge is 2.45. The lowest BCUT2D eigenvalue weighted by Crippen LogP contribution is -2.28. The molecule has 0 heterocycles. The zero-order valence-electron chi connectivity index (χ0n) is 28.7. The Morgan fingerprint density at radius 2 is 0.788 bits per heavy atom. The molecule has 0 saturated carbocycles. The molecule has 52 heavy (non-hydrogen) atoms. The molecular weight excluding hydrogens is 627 g/mol. The lowest BCUT2D eigenvalue weighted by molar-refractivity contribution is 0.768. The molecule has 244 valence electrons. The van der Waals surface area contributed by atoms with Crippen molar-refractivity contribution in [2.75, 3.05) is 4.90 Å². The van der Waals surface area contributed by atoms with Crippen LogP contribution in [0.4, 0.5) is 17.1 Å². The van der Waals surface area contributed by atoms with Gasteiger partial charge in [0.15, 0.2) is 0 Å². The predicted molar refractivity (Wildman–Crippen MR) is 219 cm³/mol. The van der Waals surface area contributed by atoms with Crippen molar-refractivity contribution in [1.82, 2.24) is 0 Å². The third kappa shape index (κ3) is 4.63. The highest BCUT2D eigenvalue weighted by Crippen LogP contribution is 2.56. The predicted octanol–water partition coefficient (Wildman–Crippen LogP) is 13.5. The molecule has 1 aliphatic carbocycles. The average Bonchev–Trinajstić information content (AvgIpc) is 3.53. The van der Waals surface area contributed by atoms with Gasteiger partial charge in [-0.15, -0.1) is 0 Å². The highest BCUT2D eigenvalue weighted by atomic mass is 15.1. The largest absolute Gasteiger partial charge is 0.310 e. The van der Waals surface area contributed by atoms with Crippen molar-refractivity contribution < 1.29 is 0 Å². The minimum atomic E-state index is -0.440. The van der Waals surface area contributed by atoms with Gasteiger partial charge in [-0.1, -0.05) is 182 Å². The van der Waals surface area contributed by atoms with E-state index in [2.05, 4.69) is 217 Å². The van der Waals surface area contributed by atoms with Crippen LogP contribution in [0.2, 0.25) is 0 Å². The van der Waals surface area contributed by atoms with Crippen LogP contribution in [0.1, 0.15) is 22.3 Å². The van der Waals surface area contributed by atoms with Crippen molar-refractivity contribution >= 4 is 38.6 Å². The molecule has 10 rings (SSSR count). The summed E-state index contributed by atoms with van der Waals surface area (Å²) in [5, 5.41) is 4.96. The molecule has 1 aliphatic rings. The van der Waals surface area contributed by atoms with Crippen molar-refractivity contribution in [1.29, 1.82) is 0 Å². The third-order valence-corrected chi connectivity index (χ3v) is 10.9. The number of nitrogens with zero attached hydrogens (tertiary/aromatic N) is 1. The average molecular weight is 662 g/mol. The topological polar surface area (TPSA) is 3.24 Å². The summed E-state index contributed by atoms with van der Waals surface area (Å²) in [6.45, 7) is 0. The normalized spacial score (nSPS) is 12.8. The molecular formula is C51H35N. The standard InChI is InChI=1S/C51H35N/c1-3-15-36(16-4-1)37-27-31-41(32-28-37)52(50-35-38-17-7-8-20-43(38)44-21-9-10-24-47(44)50)42-33-29-40(30-34-42)51(39-18-5-2-6-19-39)48-25-13-11-22-45(48)46-23-12-14-26-49(46)51/h1-35H. The molecule has 1 nitrogen and oxygen atoms in total. The maximum Gasteiger partial charge on any atom is 0.0713 e. The van der Waals surface area contributed by atoms with Crippen LogP contribution in [0.15, 0.2) is 212 Å². The van der Waals surface area contributed by atoms with Crippen molar-refractivity contribution in [3.63, 3.8) is 0 Å². The Morgan fingerprint density at radius 3 is 1.44 bits per heavy atom. The van der Waals surface area contributed by atoms with Gasteiger partial charge in [0, 0.05) is 16.8 Å². The monoisotopic (exact) mass is 661 g/mol. The minimum Gasteiger partial charge on any atom is -0.310 e. The van der Waals surface area contributed by atoms with Gasteiger partial charge in [-0.05, 0) is 91.0 Å². The second-order valence-corrected chi connectivity index (χ2v) is 13.7. The van der Waals surface area contributed by atoms with Crippen LogP contribution in [0.3, 0.4) is 0 Å². The molecule has 0 amide bonds. The Kier molecular flexibility index (Phi) is 7.11. The summed E-state index contributed by atoms with van der Waals surface area (Å²) >= 11 is 0. The third-order valence-electron chi connectivity index (χ3n) is 10.9. The van der Waals surface area contributed by atoms with E-state index in [4.69, 9.17) is 0 Å². The van der Waals surface area contributed by atoms with Crippen LogP contribution in [0.25, 0.3) is 43.8 Å². The molecule has 0 aliphatic heterocycles. The van der Waals surface area contributed by atoms with E-state index in [1.54, 1.807) is 0 Å². The fourth-order valence-electron chi connectivity index (χ4n) is 8.65. The summed E-state index contributed by atoms with van der Waals surface area (Å²) in [6, 6.07) is 77.7. The van der Waals surface area contributed by atoms with Crippen LogP contribution in [-0.2, 0) is 5.41 Å². The fraction of sp³-hybridized carbons (Fsp3) is 0.0196. The Balaban J connectivity index is 1.19. The van der Waals surface area contributed by atoms with E-state index >= 15 is 0 Å². The number of hydrogen-bond donors (Lipinski definition) is 0. The molecule has 9 aromatic rings. The first-order valence-corrected chi connectivity index (χ1v) is 18.0. The van der Waals surface area contributed by atoms with Crippen molar-refractivity contribution in [2.24, 2.45) is 0 Å². The Labute approximate surface area is 304 Å². The van der Waals surface area contributed by atoms with Crippen LogP contribution < -0.4 is 4.90 Å². The van der Waals surface area contributed by atoms with E-state index in [0.29, 0.717) is 0 Å². The lowest BCUT2D eigenvalue weighted by Gasteiger charge is -2.34. The Hall–Kier alpha value is -6.70. The molecule has 0 bridgehead atoms. The van der Waals surface area contributed by atoms with Crippen LogP contribution in [0.5, 0.6) is 0 Å². The van der Waals surface area contributed by atoms with Crippen molar-refractivity contribution in [3.05, 3.63) is 235 Å². The van der Waals surface area contributed by atoms with Gasteiger partial charge in [-0.3, -0.25) is 0 Å². The molecule has 0 radical (unpaired) electrons. The Bertz CT molecular complexity index is 2660. The maximum atomic E-state index is 2.43. The lowest BCUT2D eigenvalue weighted by atomic mass is 9.68. The molecule has 0 saturated heterocycles. The number of fused-ring (bicyclic) bond motifs is 6. The second kappa shape index (κ2) is 12.3. The SMILES string of the molecule is c1ccc(-c2ccc(N(c3ccc(C4(c5ccccc5)c5ccccc5-c5ccccc54)cc3)c3cc4ccccc4c4ccccc34)cc2)cc1. The van der Waals surface area contributed by atoms with Gasteiger partial charge in [-0.2, -0.15) is 0 Å². The zero-order chi connectivity index (χ0) is 34.5. The van der Waals surface area contributed by atoms with E-state index < -0.39 is 5.41 Å². The second-order valence-electron chi connectivity index (χ2n) is 13.7. The molecule has 0 aromatic heterocycles. The molecule has 9 aromatic carbocycles. The molecule has 0 N–H and O–H groups in total. The Morgan fingerprint density at radius 1 is 0.327 bits per heavy atom. The van der Waals surface area contributed by atoms with Crippen molar-refractivity contribution in [2.45, 2.75) is 5.41 Å². The summed E-state index contributed by atoms with van der Waals surface area (Å²) in [7, 11) is 0. The zero-order valence-corrected chi connectivity index (χ0v) is 28.7. The summed E-state index contributed by atoms with van der Waals surface area (Å²) in [5.41, 5.74) is 13.1. The van der Waals surface area contributed by atoms with Crippen LogP contribution in [0, 0.1) is 0 Å². The van der Waals surface area contributed by atoms with Gasteiger partial charge in [-0.25, -0.2) is 0 Å². The number of hydrogen-bond acceptors (Lipinski definition) is 1. The van der Waals surface area contributed by atoms with E-state index in [0.717, 1.165) is 17.1 Å². The first-order chi connectivity index (χ1) is 25.8. The fourth-order valence-corrected chi connectivity index (χ4v) is 8.65. The molecule has 1 heteroatoms. The van der Waals surface area contributed by atoms with Gasteiger partial charge >= 0.3 is 0 Å². The van der Waals surface area contributed by atoms with Gasteiger partial charge in [0.1, 0.15) is 0 Å². The smallest absolute Gasteiger partial charge is 0.0713 e. The van der Waals surface area contributed by atoms with Crippen LogP contribution >= 0.6 is 0 Å². The molecule has 0 atom stereocenters. The number of anilines is 3. The summed E-state index contributed by atoms with van der Waals surface area (Å²) in [6.07, 6.45) is 0. The van der Waals surface area contributed by atoms with Gasteiger partial charge in [0.2, 0.25) is 0 Å². The van der Waals surface area contributed by atoms with E-state index in [1.807, 2.05) is 0 Å². The van der Waals surface area contributed by atoms with E-state index in [-0.39, 0.29) is 0 Å². The summed E-state index contributed by atoms with van der Waals surface area (Å²) < 4.78 is 0. The summed E-state index contributed by atoms with van der Waals surface area (Å²) in [5.74, 6) is 0. The van der Waals surface area contributed by atoms with Crippen LogP contribution in [-0.4, -0.2) is 0 Å². The molecule has 0 unspecified atom stereocenters. The maximum absolute atomic E-state index is 2.43. The number of rotatable bonds is 6. The van der Waals surface area contributed by atoms with Crippen molar-refractivity contribution in [3.8, 4) is 22.3 Å². The first kappa shape index (κ1) is 30.2. The van der Waals surface area contributed by atoms with Gasteiger partial charge < -0.3 is 4.90 Å². The summed E-state index contributed by atoms with van der Waals surface area (Å²) in [4.78, 5) is 2.43. The molecule has 0 fully saturated rings. The van der Waals surface area contributed by atoms with Gasteiger partial charge in [0.05, 0.1) is 11.1 Å². The quantitative estimate of drug-likeness (QED) is 0.160. The number of benzene rings is 9. The van der Waals surface area contributed by atoms with E-state index in [9.17, 15) is 0 Å². The minimum absolute atomic E-state index is 0.440. The highest BCUT2D eigenvalue weighted by molar-refractivity contribution is 6.14. The first-order valence-electron chi connectivity index (χ1n) is 18.0. The molecule has 0 spiro atoms.